The van der Waals surface area contributed by atoms with Crippen LogP contribution >= 0.6 is 0 Å². The molecule has 0 aliphatic carbocycles. The van der Waals surface area contributed by atoms with Gasteiger partial charge in [-0.05, 0) is 25.7 Å². The predicted molar refractivity (Wildman–Crippen MR) is 121 cm³/mol. The summed E-state index contributed by atoms with van der Waals surface area (Å²) in [5, 5.41) is 0. The minimum atomic E-state index is -2.84. The average molecular weight is 469 g/mol. The number of sulfone groups is 1. The van der Waals surface area contributed by atoms with E-state index < -0.39 is 20.6 Å². The summed E-state index contributed by atoms with van der Waals surface area (Å²) in [6.45, 7) is 0. The van der Waals surface area contributed by atoms with Gasteiger partial charge in [-0.3, -0.25) is 14.2 Å². The molecule has 0 amide bonds. The lowest BCUT2D eigenvalue weighted by atomic mass is 10.2. The molecule has 4 rings (SSSR count). The van der Waals surface area contributed by atoms with Crippen molar-refractivity contribution < 1.29 is 22.1 Å². The Balaban J connectivity index is 0.000000176. The standard InChI is InChI=1S/C10H14N2O3S.C10H14N2O2S/c11-9-7-12-4-1-10(9)15-8-2-5-16(13,14)6-3-8;11-9-7-12-4-1-10(9)14-8-2-5-15(13)6-3-8/h1,4,7-8H,2-3,5-6,11H2;1,4,7-8H,2-3,5-6,11H2. The van der Waals surface area contributed by atoms with Crippen LogP contribution in [0.3, 0.4) is 0 Å². The van der Waals surface area contributed by atoms with Crippen LogP contribution in [0.4, 0.5) is 11.4 Å². The summed E-state index contributed by atoms with van der Waals surface area (Å²) in [6, 6.07) is 3.46. The Morgan fingerprint density at radius 3 is 1.74 bits per heavy atom. The van der Waals surface area contributed by atoms with E-state index in [4.69, 9.17) is 20.9 Å². The van der Waals surface area contributed by atoms with Crippen molar-refractivity contribution in [3.8, 4) is 11.5 Å². The third-order valence-corrected chi connectivity index (χ3v) is 8.14. The van der Waals surface area contributed by atoms with Gasteiger partial charge in [0, 0.05) is 46.8 Å². The molecule has 2 aromatic rings. The Morgan fingerprint density at radius 1 is 0.839 bits per heavy atom. The SMILES string of the molecule is Nc1cnccc1OC1CCS(=O)(=O)CC1.Nc1cnccc1OC1CCS(=O)CC1. The van der Waals surface area contributed by atoms with Crippen LogP contribution in [0, 0.1) is 0 Å². The molecule has 0 aromatic carbocycles. The second kappa shape index (κ2) is 10.8. The summed E-state index contributed by atoms with van der Waals surface area (Å²) in [6.07, 6.45) is 9.20. The van der Waals surface area contributed by atoms with E-state index in [1.807, 2.05) is 0 Å². The predicted octanol–water partition coefficient (Wildman–Crippen LogP) is 1.57. The molecule has 2 aliphatic rings. The first-order valence-corrected chi connectivity index (χ1v) is 13.4. The molecule has 170 valence electrons. The third kappa shape index (κ3) is 7.35. The summed E-state index contributed by atoms with van der Waals surface area (Å²) in [7, 11) is -3.49. The van der Waals surface area contributed by atoms with Crippen LogP contribution in [0.15, 0.2) is 36.9 Å². The highest BCUT2D eigenvalue weighted by molar-refractivity contribution is 7.91. The lowest BCUT2D eigenvalue weighted by molar-refractivity contribution is 0.190. The Morgan fingerprint density at radius 2 is 1.29 bits per heavy atom. The highest BCUT2D eigenvalue weighted by Gasteiger charge is 2.25. The molecule has 2 fully saturated rings. The minimum Gasteiger partial charge on any atom is -0.488 e. The molecule has 0 spiro atoms. The number of aromatic nitrogens is 2. The quantitative estimate of drug-likeness (QED) is 0.682. The van der Waals surface area contributed by atoms with Crippen LogP contribution in [0.5, 0.6) is 11.5 Å². The van der Waals surface area contributed by atoms with Gasteiger partial charge in [-0.25, -0.2) is 8.42 Å². The highest BCUT2D eigenvalue weighted by atomic mass is 32.2. The van der Waals surface area contributed by atoms with Crippen LogP contribution in [-0.2, 0) is 20.6 Å². The normalized spacial score (nSPS) is 23.2. The van der Waals surface area contributed by atoms with Gasteiger partial charge in [0.05, 0.1) is 35.3 Å². The van der Waals surface area contributed by atoms with E-state index in [1.54, 1.807) is 30.7 Å². The highest BCUT2D eigenvalue weighted by Crippen LogP contribution is 2.25. The maximum Gasteiger partial charge on any atom is 0.150 e. The van der Waals surface area contributed by atoms with E-state index in [1.165, 1.54) is 6.20 Å². The van der Waals surface area contributed by atoms with Gasteiger partial charge >= 0.3 is 0 Å². The van der Waals surface area contributed by atoms with Gasteiger partial charge in [-0.1, -0.05) is 0 Å². The molecular formula is C20H28N4O5S2. The number of pyridine rings is 2. The number of hydrogen-bond donors (Lipinski definition) is 2. The Hall–Kier alpha value is -2.40. The van der Waals surface area contributed by atoms with Crippen LogP contribution in [-0.4, -0.2) is 57.8 Å². The Labute approximate surface area is 184 Å². The molecule has 4 heterocycles. The van der Waals surface area contributed by atoms with Gasteiger partial charge in [-0.2, -0.15) is 0 Å². The van der Waals surface area contributed by atoms with E-state index in [-0.39, 0.29) is 23.7 Å². The first-order chi connectivity index (χ1) is 14.8. The number of nitrogens with zero attached hydrogens (tertiary/aromatic N) is 2. The number of anilines is 2. The maximum absolute atomic E-state index is 11.2. The van der Waals surface area contributed by atoms with Crippen molar-refractivity contribution in [3.05, 3.63) is 36.9 Å². The molecule has 0 radical (unpaired) electrons. The molecule has 0 atom stereocenters. The van der Waals surface area contributed by atoms with Crippen LogP contribution in [0.1, 0.15) is 25.7 Å². The lowest BCUT2D eigenvalue weighted by Crippen LogP contribution is -2.30. The van der Waals surface area contributed by atoms with Crippen LogP contribution < -0.4 is 20.9 Å². The smallest absolute Gasteiger partial charge is 0.150 e. The molecule has 2 aromatic heterocycles. The fourth-order valence-corrected chi connectivity index (χ4v) is 5.94. The molecule has 4 N–H and O–H groups in total. The first-order valence-electron chi connectivity index (χ1n) is 10.1. The first kappa shape index (κ1) is 23.3. The number of rotatable bonds is 4. The van der Waals surface area contributed by atoms with Crippen molar-refractivity contribution in [1.29, 1.82) is 0 Å². The number of hydrogen-bond acceptors (Lipinski definition) is 9. The van der Waals surface area contributed by atoms with Crippen molar-refractivity contribution in [2.75, 3.05) is 34.5 Å². The Kier molecular flexibility index (Phi) is 8.08. The molecule has 0 unspecified atom stereocenters. The second-order valence-electron chi connectivity index (χ2n) is 7.46. The molecule has 0 saturated carbocycles. The number of ether oxygens (including phenoxy) is 2. The van der Waals surface area contributed by atoms with E-state index in [0.717, 1.165) is 24.3 Å². The molecule has 2 saturated heterocycles. The Bertz CT molecular complexity index is 979. The summed E-state index contributed by atoms with van der Waals surface area (Å²) in [5.41, 5.74) is 12.4. The van der Waals surface area contributed by atoms with E-state index >= 15 is 0 Å². The van der Waals surface area contributed by atoms with Crippen molar-refractivity contribution in [1.82, 2.24) is 9.97 Å². The van der Waals surface area contributed by atoms with Gasteiger partial charge in [0.15, 0.2) is 9.84 Å². The van der Waals surface area contributed by atoms with Crippen LogP contribution in [0.2, 0.25) is 0 Å². The summed E-state index contributed by atoms with van der Waals surface area (Å²) < 4.78 is 45.0. The topological polar surface area (TPSA) is 147 Å². The largest absolute Gasteiger partial charge is 0.488 e. The van der Waals surface area contributed by atoms with E-state index in [0.29, 0.717) is 35.7 Å². The van der Waals surface area contributed by atoms with Crippen LogP contribution in [0.25, 0.3) is 0 Å². The minimum absolute atomic E-state index is 0.0618. The van der Waals surface area contributed by atoms with Gasteiger partial charge in [0.1, 0.15) is 23.7 Å². The lowest BCUT2D eigenvalue weighted by Gasteiger charge is -2.23. The van der Waals surface area contributed by atoms with E-state index in [2.05, 4.69) is 9.97 Å². The zero-order chi connectivity index (χ0) is 22.3. The maximum atomic E-state index is 11.2. The monoisotopic (exact) mass is 468 g/mol. The molecule has 0 bridgehead atoms. The third-order valence-electron chi connectivity index (χ3n) is 5.04. The summed E-state index contributed by atoms with van der Waals surface area (Å²) in [4.78, 5) is 7.76. The molecule has 11 heteroatoms. The van der Waals surface area contributed by atoms with Gasteiger partial charge in [-0.15, -0.1) is 0 Å². The van der Waals surface area contributed by atoms with Crippen molar-refractivity contribution in [3.63, 3.8) is 0 Å². The van der Waals surface area contributed by atoms with E-state index in [9.17, 15) is 12.6 Å². The zero-order valence-corrected chi connectivity index (χ0v) is 18.8. The average Bonchev–Trinajstić information content (AvgIpc) is 2.75. The number of nitrogen functional groups attached to an aromatic ring is 2. The van der Waals surface area contributed by atoms with Crippen molar-refractivity contribution in [2.45, 2.75) is 37.9 Å². The molecule has 2 aliphatic heterocycles. The summed E-state index contributed by atoms with van der Waals surface area (Å²) in [5.74, 6) is 3.12. The molecule has 31 heavy (non-hydrogen) atoms. The fourth-order valence-electron chi connectivity index (χ4n) is 3.24. The second-order valence-corrected chi connectivity index (χ2v) is 11.5. The fraction of sp³-hybridized carbons (Fsp3) is 0.500. The van der Waals surface area contributed by atoms with Crippen molar-refractivity contribution >= 4 is 32.0 Å². The molecular weight excluding hydrogens is 440 g/mol. The van der Waals surface area contributed by atoms with Gasteiger partial charge < -0.3 is 20.9 Å². The van der Waals surface area contributed by atoms with Gasteiger partial charge in [0.25, 0.3) is 0 Å². The van der Waals surface area contributed by atoms with Crippen molar-refractivity contribution in [2.24, 2.45) is 0 Å². The van der Waals surface area contributed by atoms with Gasteiger partial charge in [0.2, 0.25) is 0 Å². The molecule has 9 nitrogen and oxygen atoms in total. The number of nitrogens with two attached hydrogens (primary N) is 2. The summed E-state index contributed by atoms with van der Waals surface area (Å²) >= 11 is 0. The zero-order valence-electron chi connectivity index (χ0n) is 17.2.